The Labute approximate surface area is 127 Å². The molecule has 0 fully saturated rings. The molecule has 0 saturated carbocycles. The molecule has 22 heavy (non-hydrogen) atoms. The van der Waals surface area contributed by atoms with Crippen LogP contribution in [0.25, 0.3) is 6.08 Å². The summed E-state index contributed by atoms with van der Waals surface area (Å²) in [5, 5.41) is 11.8. The van der Waals surface area contributed by atoms with Crippen molar-refractivity contribution in [2.24, 2.45) is 0 Å². The number of nitriles is 1. The number of hydrogen-bond donors (Lipinski definition) is 1. The third-order valence-corrected chi connectivity index (χ3v) is 3.10. The van der Waals surface area contributed by atoms with Crippen molar-refractivity contribution in [3.05, 3.63) is 71.3 Å². The minimum Gasteiger partial charge on any atom is -0.345 e. The van der Waals surface area contributed by atoms with Crippen LogP contribution in [0.1, 0.15) is 24.1 Å². The molecule has 0 bridgehead atoms. The molecule has 0 aliphatic rings. The number of hydrogen-bond acceptors (Lipinski definition) is 3. The van der Waals surface area contributed by atoms with E-state index in [0.29, 0.717) is 0 Å². The third kappa shape index (κ3) is 3.76. The van der Waals surface area contributed by atoms with E-state index < -0.39 is 11.9 Å². The Bertz CT molecular complexity index is 735. The monoisotopic (exact) mass is 295 g/mol. The lowest BCUT2D eigenvalue weighted by Crippen LogP contribution is -2.27. The molecule has 0 aliphatic carbocycles. The van der Waals surface area contributed by atoms with Crippen LogP contribution in [-0.2, 0) is 4.79 Å². The third-order valence-electron chi connectivity index (χ3n) is 3.10. The molecule has 1 heterocycles. The van der Waals surface area contributed by atoms with E-state index >= 15 is 0 Å². The van der Waals surface area contributed by atoms with Crippen LogP contribution in [0.4, 0.5) is 4.39 Å². The smallest absolute Gasteiger partial charge is 0.262 e. The van der Waals surface area contributed by atoms with Crippen molar-refractivity contribution in [1.29, 1.82) is 5.26 Å². The number of halogens is 1. The molecule has 5 heteroatoms. The molecule has 0 radical (unpaired) electrons. The van der Waals surface area contributed by atoms with E-state index in [1.54, 1.807) is 6.07 Å². The summed E-state index contributed by atoms with van der Waals surface area (Å²) < 4.78 is 13.5. The van der Waals surface area contributed by atoms with Crippen molar-refractivity contribution in [3.63, 3.8) is 0 Å². The van der Waals surface area contributed by atoms with Crippen LogP contribution in [0.15, 0.2) is 54.2 Å². The van der Waals surface area contributed by atoms with Crippen LogP contribution < -0.4 is 5.32 Å². The van der Waals surface area contributed by atoms with Crippen LogP contribution in [0, 0.1) is 17.3 Å². The number of aromatic nitrogens is 1. The lowest BCUT2D eigenvalue weighted by molar-refractivity contribution is -0.117. The van der Waals surface area contributed by atoms with Gasteiger partial charge < -0.3 is 5.32 Å². The molecule has 1 N–H and O–H groups in total. The maximum absolute atomic E-state index is 13.5. The van der Waals surface area contributed by atoms with Crippen molar-refractivity contribution < 1.29 is 9.18 Å². The van der Waals surface area contributed by atoms with Crippen LogP contribution in [-0.4, -0.2) is 10.9 Å². The van der Waals surface area contributed by atoms with E-state index in [1.807, 2.05) is 37.3 Å². The molecule has 1 aromatic carbocycles. The van der Waals surface area contributed by atoms with Crippen molar-refractivity contribution in [1.82, 2.24) is 10.3 Å². The molecule has 0 saturated heterocycles. The summed E-state index contributed by atoms with van der Waals surface area (Å²) in [6.07, 6.45) is 2.49. The van der Waals surface area contributed by atoms with Gasteiger partial charge in [-0.2, -0.15) is 9.65 Å². The van der Waals surface area contributed by atoms with Gasteiger partial charge in [-0.25, -0.2) is 4.98 Å². The molecule has 0 spiro atoms. The first-order valence-electron chi connectivity index (χ1n) is 6.70. The predicted molar refractivity (Wildman–Crippen MR) is 80.8 cm³/mol. The van der Waals surface area contributed by atoms with Gasteiger partial charge in [0.25, 0.3) is 5.91 Å². The number of nitrogens with zero attached hydrogens (tertiary/aromatic N) is 2. The first-order valence-corrected chi connectivity index (χ1v) is 6.70. The van der Waals surface area contributed by atoms with Gasteiger partial charge in [0.2, 0.25) is 5.95 Å². The van der Waals surface area contributed by atoms with Gasteiger partial charge in [0.1, 0.15) is 11.6 Å². The molecule has 1 aromatic heterocycles. The second-order valence-corrected chi connectivity index (χ2v) is 4.66. The van der Waals surface area contributed by atoms with E-state index in [2.05, 4.69) is 10.3 Å². The Hall–Kier alpha value is -3.00. The minimum absolute atomic E-state index is 0.0987. The van der Waals surface area contributed by atoms with E-state index in [0.717, 1.165) is 5.56 Å². The second kappa shape index (κ2) is 7.14. The van der Waals surface area contributed by atoms with Gasteiger partial charge in [0.05, 0.1) is 6.04 Å². The maximum Gasteiger partial charge on any atom is 0.262 e. The fourth-order valence-corrected chi connectivity index (χ4v) is 1.91. The number of rotatable bonds is 4. The summed E-state index contributed by atoms with van der Waals surface area (Å²) in [6, 6.07) is 13.9. The van der Waals surface area contributed by atoms with E-state index in [-0.39, 0.29) is 17.2 Å². The van der Waals surface area contributed by atoms with Gasteiger partial charge in [0.15, 0.2) is 0 Å². The molecule has 2 rings (SSSR count). The quantitative estimate of drug-likeness (QED) is 0.535. The number of pyridine rings is 1. The van der Waals surface area contributed by atoms with Gasteiger partial charge >= 0.3 is 0 Å². The molecular formula is C17H14FN3O. The van der Waals surface area contributed by atoms with Gasteiger partial charge in [-0.05, 0) is 30.7 Å². The molecule has 0 unspecified atom stereocenters. The topological polar surface area (TPSA) is 65.8 Å². The van der Waals surface area contributed by atoms with Crippen molar-refractivity contribution in [3.8, 4) is 6.07 Å². The average molecular weight is 295 g/mol. The Balaban J connectivity index is 2.17. The Morgan fingerprint density at radius 1 is 1.32 bits per heavy atom. The number of amides is 1. The largest absolute Gasteiger partial charge is 0.345 e. The Morgan fingerprint density at radius 2 is 2.05 bits per heavy atom. The molecule has 110 valence electrons. The molecule has 2 aromatic rings. The summed E-state index contributed by atoms with van der Waals surface area (Å²) in [5.74, 6) is -1.28. The summed E-state index contributed by atoms with van der Waals surface area (Å²) >= 11 is 0. The SMILES string of the molecule is C[C@H](NC(=O)C(C#N)=Cc1cccnc1F)c1ccccc1. The first kappa shape index (κ1) is 15.4. The number of nitrogens with one attached hydrogen (secondary N) is 1. The van der Waals surface area contributed by atoms with Crippen LogP contribution in [0.3, 0.4) is 0 Å². The predicted octanol–water partition coefficient (Wildman–Crippen LogP) is 3.01. The maximum atomic E-state index is 13.5. The molecule has 1 amide bonds. The highest BCUT2D eigenvalue weighted by molar-refractivity contribution is 6.01. The molecule has 4 nitrogen and oxygen atoms in total. The average Bonchev–Trinajstić information content (AvgIpc) is 2.54. The lowest BCUT2D eigenvalue weighted by Gasteiger charge is -2.13. The highest BCUT2D eigenvalue weighted by Gasteiger charge is 2.14. The zero-order valence-corrected chi connectivity index (χ0v) is 12.0. The zero-order chi connectivity index (χ0) is 15.9. The molecular weight excluding hydrogens is 281 g/mol. The standard InChI is InChI=1S/C17H14FN3O/c1-12(13-6-3-2-4-7-13)21-17(22)15(11-19)10-14-8-5-9-20-16(14)18/h2-10,12H,1H3,(H,21,22)/t12-/m0/s1. The van der Waals surface area contributed by atoms with Crippen LogP contribution >= 0.6 is 0 Å². The fourth-order valence-electron chi connectivity index (χ4n) is 1.91. The first-order chi connectivity index (χ1) is 10.6. The van der Waals surface area contributed by atoms with Crippen molar-refractivity contribution in [2.75, 3.05) is 0 Å². The highest BCUT2D eigenvalue weighted by atomic mass is 19.1. The van der Waals surface area contributed by atoms with Crippen molar-refractivity contribution in [2.45, 2.75) is 13.0 Å². The van der Waals surface area contributed by atoms with Gasteiger partial charge in [-0.3, -0.25) is 4.79 Å². The Morgan fingerprint density at radius 3 is 2.68 bits per heavy atom. The lowest BCUT2D eigenvalue weighted by atomic mass is 10.1. The normalized spacial score (nSPS) is 12.3. The summed E-state index contributed by atoms with van der Waals surface area (Å²) in [4.78, 5) is 15.6. The van der Waals surface area contributed by atoms with E-state index in [1.165, 1.54) is 24.4 Å². The van der Waals surface area contributed by atoms with Gasteiger partial charge in [-0.1, -0.05) is 30.3 Å². The molecule has 1 atom stereocenters. The summed E-state index contributed by atoms with van der Waals surface area (Å²) in [5.41, 5.74) is 0.844. The summed E-state index contributed by atoms with van der Waals surface area (Å²) in [6.45, 7) is 1.81. The van der Waals surface area contributed by atoms with Crippen LogP contribution in [0.2, 0.25) is 0 Å². The molecule has 0 aliphatic heterocycles. The number of carbonyl (C=O) groups is 1. The van der Waals surface area contributed by atoms with Gasteiger partial charge in [-0.15, -0.1) is 0 Å². The van der Waals surface area contributed by atoms with E-state index in [9.17, 15) is 9.18 Å². The number of carbonyl (C=O) groups excluding carboxylic acids is 1. The van der Waals surface area contributed by atoms with Crippen molar-refractivity contribution >= 4 is 12.0 Å². The van der Waals surface area contributed by atoms with Crippen LogP contribution in [0.5, 0.6) is 0 Å². The van der Waals surface area contributed by atoms with Gasteiger partial charge in [0, 0.05) is 11.8 Å². The summed E-state index contributed by atoms with van der Waals surface area (Å²) in [7, 11) is 0. The number of benzene rings is 1. The minimum atomic E-state index is -0.723. The Kier molecular flexibility index (Phi) is 4.99. The highest BCUT2D eigenvalue weighted by Crippen LogP contribution is 2.14. The zero-order valence-electron chi connectivity index (χ0n) is 12.0. The fraction of sp³-hybridized carbons (Fsp3) is 0.118. The second-order valence-electron chi connectivity index (χ2n) is 4.66. The van der Waals surface area contributed by atoms with E-state index in [4.69, 9.17) is 5.26 Å².